The molecule has 2 aromatic rings. The zero-order valence-electron chi connectivity index (χ0n) is 21.0. The molecule has 1 heterocycles. The average molecular weight is 489 g/mol. The lowest BCUT2D eigenvalue weighted by molar-refractivity contribution is 0.193. The summed E-state index contributed by atoms with van der Waals surface area (Å²) in [4.78, 5) is 7.14. The van der Waals surface area contributed by atoms with Crippen molar-refractivity contribution in [3.05, 3.63) is 83.5 Å². The summed E-state index contributed by atoms with van der Waals surface area (Å²) in [6, 6.07) is 14.6. The van der Waals surface area contributed by atoms with Crippen LogP contribution in [0.4, 0.5) is 11.4 Å². The van der Waals surface area contributed by atoms with Crippen molar-refractivity contribution >= 4 is 23.0 Å². The molecule has 1 aliphatic carbocycles. The van der Waals surface area contributed by atoms with Gasteiger partial charge in [-0.05, 0) is 105 Å². The van der Waals surface area contributed by atoms with Gasteiger partial charge in [0.05, 0.1) is 0 Å². The highest BCUT2D eigenvalue weighted by Crippen LogP contribution is 2.22. The molecule has 8 nitrogen and oxygen atoms in total. The van der Waals surface area contributed by atoms with Gasteiger partial charge in [-0.2, -0.15) is 0 Å². The Hall–Kier alpha value is -3.62. The van der Waals surface area contributed by atoms with Crippen molar-refractivity contribution in [1.29, 1.82) is 5.41 Å². The number of aliphatic imine (C=N–C) groups is 1. The quantitative estimate of drug-likeness (QED) is 0.110. The molecule has 0 atom stereocenters. The summed E-state index contributed by atoms with van der Waals surface area (Å²) in [6.45, 7) is 4.33. The van der Waals surface area contributed by atoms with Gasteiger partial charge in [0.2, 0.25) is 0 Å². The van der Waals surface area contributed by atoms with Gasteiger partial charge in [0, 0.05) is 35.6 Å². The van der Waals surface area contributed by atoms with E-state index in [0.29, 0.717) is 11.4 Å². The third kappa shape index (κ3) is 8.87. The summed E-state index contributed by atoms with van der Waals surface area (Å²) in [5, 5.41) is 7.09. The molecule has 0 bridgehead atoms. The van der Waals surface area contributed by atoms with E-state index in [0.717, 1.165) is 42.4 Å². The van der Waals surface area contributed by atoms with Crippen LogP contribution in [0.2, 0.25) is 0 Å². The zero-order valence-corrected chi connectivity index (χ0v) is 21.0. The van der Waals surface area contributed by atoms with Gasteiger partial charge in [0.1, 0.15) is 11.7 Å². The van der Waals surface area contributed by atoms with Gasteiger partial charge in [0.25, 0.3) is 0 Å². The summed E-state index contributed by atoms with van der Waals surface area (Å²) >= 11 is 0. The number of piperidine rings is 1. The number of nitrogens with zero attached hydrogens (tertiary/aromatic N) is 2. The summed E-state index contributed by atoms with van der Waals surface area (Å²) in [7, 11) is 0. The molecule has 192 valence electrons. The Bertz CT molecular complexity index is 1050. The number of benzene rings is 2. The molecule has 0 spiro atoms. The van der Waals surface area contributed by atoms with Gasteiger partial charge in [-0.1, -0.05) is 18.2 Å². The maximum Gasteiger partial charge on any atom is 0.125 e. The van der Waals surface area contributed by atoms with Crippen LogP contribution >= 0.6 is 0 Å². The first kappa shape index (κ1) is 27.0. The molecule has 1 saturated heterocycles. The molecule has 8 heteroatoms. The number of nitrogen functional groups attached to an aromatic ring is 3. The fourth-order valence-corrected chi connectivity index (χ4v) is 4.34. The second kappa shape index (κ2) is 14.1. The van der Waals surface area contributed by atoms with Gasteiger partial charge in [-0.3, -0.25) is 21.1 Å². The van der Waals surface area contributed by atoms with Crippen LogP contribution in [0.25, 0.3) is 0 Å². The van der Waals surface area contributed by atoms with E-state index >= 15 is 0 Å². The number of hydrogen-bond donors (Lipinski definition) is 6. The second-order valence-electron chi connectivity index (χ2n) is 9.29. The van der Waals surface area contributed by atoms with E-state index in [9.17, 15) is 0 Å². The molecule has 2 aromatic carbocycles. The lowest BCUT2D eigenvalue weighted by Gasteiger charge is -2.32. The van der Waals surface area contributed by atoms with Crippen LogP contribution in [0, 0.1) is 11.3 Å². The number of likely N-dealkylation sites (tertiary alicyclic amines) is 1. The Kier molecular flexibility index (Phi) is 10.5. The van der Waals surface area contributed by atoms with Crippen molar-refractivity contribution in [2.24, 2.45) is 28.2 Å². The van der Waals surface area contributed by atoms with E-state index in [4.69, 9.17) is 28.5 Å². The largest absolute Gasteiger partial charge is 0.399 e. The standard InChI is InChI=1S/C21H30N4.C7H10N4/c22-20-8-6-19(7-9-20)21(23)24-13-10-17-11-14-25(15-12-17)16-18-4-2-1-3-5-18;8-7(9)5-1-3-6(11-10)4-2-5/h2,4-9,17H,1,3,10-16,22H2,(H2,23,24);1-4,11H,10H2,(H3,8,9). The van der Waals surface area contributed by atoms with E-state index in [2.05, 4.69) is 33.5 Å². The fourth-order valence-electron chi connectivity index (χ4n) is 4.34. The molecular formula is C28H40N8. The molecule has 4 rings (SSSR count). The highest BCUT2D eigenvalue weighted by Gasteiger charge is 2.19. The Morgan fingerprint density at radius 3 is 2.22 bits per heavy atom. The Balaban J connectivity index is 0.000000275. The first-order valence-electron chi connectivity index (χ1n) is 12.6. The minimum Gasteiger partial charge on any atom is -0.399 e. The maximum absolute atomic E-state index is 7.09. The average Bonchev–Trinajstić information content (AvgIpc) is 2.91. The first-order valence-corrected chi connectivity index (χ1v) is 12.6. The number of hydrogen-bond acceptors (Lipinski definition) is 6. The van der Waals surface area contributed by atoms with E-state index in [1.165, 1.54) is 44.3 Å². The number of amidine groups is 2. The smallest absolute Gasteiger partial charge is 0.125 e. The minimum absolute atomic E-state index is 0.0635. The van der Waals surface area contributed by atoms with Crippen LogP contribution in [0.3, 0.4) is 0 Å². The molecule has 0 radical (unpaired) electrons. The molecule has 2 aliphatic rings. The van der Waals surface area contributed by atoms with Crippen LogP contribution in [-0.2, 0) is 0 Å². The van der Waals surface area contributed by atoms with Crippen LogP contribution in [0.15, 0.2) is 77.3 Å². The SMILES string of the molecule is N=C(N)c1ccc(NN)cc1.NC(=NCCC1CCN(CC2=CCCC=C2)CC1)c1ccc(N)cc1. The van der Waals surface area contributed by atoms with Crippen LogP contribution in [-0.4, -0.2) is 42.8 Å². The van der Waals surface area contributed by atoms with Crippen molar-refractivity contribution < 1.29 is 0 Å². The Labute approximate surface area is 214 Å². The predicted octanol–water partition coefficient (Wildman–Crippen LogP) is 3.61. The summed E-state index contributed by atoms with van der Waals surface area (Å²) < 4.78 is 0. The van der Waals surface area contributed by atoms with E-state index in [1.807, 2.05) is 24.3 Å². The van der Waals surface area contributed by atoms with Gasteiger partial charge in [-0.25, -0.2) is 0 Å². The normalized spacial score (nSPS) is 16.6. The van der Waals surface area contributed by atoms with Gasteiger partial charge in [-0.15, -0.1) is 0 Å². The number of nitrogens with one attached hydrogen (secondary N) is 2. The summed E-state index contributed by atoms with van der Waals surface area (Å²) in [5.74, 6) is 6.60. The molecular weight excluding hydrogens is 448 g/mol. The molecule has 36 heavy (non-hydrogen) atoms. The van der Waals surface area contributed by atoms with Crippen LogP contribution in [0.5, 0.6) is 0 Å². The highest BCUT2D eigenvalue weighted by molar-refractivity contribution is 5.97. The molecule has 10 N–H and O–H groups in total. The third-order valence-electron chi connectivity index (χ3n) is 6.57. The minimum atomic E-state index is 0.0635. The van der Waals surface area contributed by atoms with Crippen molar-refractivity contribution in [2.45, 2.75) is 32.1 Å². The zero-order chi connectivity index (χ0) is 25.8. The third-order valence-corrected chi connectivity index (χ3v) is 6.57. The Morgan fingerprint density at radius 2 is 1.64 bits per heavy atom. The van der Waals surface area contributed by atoms with Gasteiger partial charge < -0.3 is 22.6 Å². The van der Waals surface area contributed by atoms with Crippen LogP contribution in [0.1, 0.15) is 43.2 Å². The Morgan fingerprint density at radius 1 is 0.972 bits per heavy atom. The summed E-state index contributed by atoms with van der Waals surface area (Å²) in [5.41, 5.74) is 24.2. The topological polar surface area (TPSA) is 156 Å². The van der Waals surface area contributed by atoms with Gasteiger partial charge >= 0.3 is 0 Å². The van der Waals surface area contributed by atoms with Gasteiger partial charge in [0.15, 0.2) is 0 Å². The molecule has 1 fully saturated rings. The predicted molar refractivity (Wildman–Crippen MR) is 152 cm³/mol. The van der Waals surface area contributed by atoms with Crippen molar-refractivity contribution in [1.82, 2.24) is 4.90 Å². The number of nitrogens with two attached hydrogens (primary N) is 4. The molecule has 0 aromatic heterocycles. The molecule has 0 unspecified atom stereocenters. The lowest BCUT2D eigenvalue weighted by atomic mass is 9.93. The van der Waals surface area contributed by atoms with E-state index in [-0.39, 0.29) is 5.84 Å². The number of allylic oxidation sites excluding steroid dienone is 2. The van der Waals surface area contributed by atoms with Crippen molar-refractivity contribution in [3.63, 3.8) is 0 Å². The molecule has 1 aliphatic heterocycles. The first-order chi connectivity index (χ1) is 17.4. The fraction of sp³-hybridized carbons (Fsp3) is 0.357. The van der Waals surface area contributed by atoms with Crippen molar-refractivity contribution in [2.75, 3.05) is 37.3 Å². The molecule has 0 amide bonds. The van der Waals surface area contributed by atoms with Crippen LogP contribution < -0.4 is 28.5 Å². The number of hydrazine groups is 1. The number of anilines is 2. The van der Waals surface area contributed by atoms with E-state index in [1.54, 1.807) is 24.3 Å². The summed E-state index contributed by atoms with van der Waals surface area (Å²) in [6.07, 6.45) is 13.1. The second-order valence-corrected chi connectivity index (χ2v) is 9.29. The van der Waals surface area contributed by atoms with E-state index < -0.39 is 0 Å². The molecule has 0 saturated carbocycles. The monoisotopic (exact) mass is 488 g/mol. The lowest BCUT2D eigenvalue weighted by Crippen LogP contribution is -2.35. The highest BCUT2D eigenvalue weighted by atomic mass is 15.2. The van der Waals surface area contributed by atoms with Crippen molar-refractivity contribution in [3.8, 4) is 0 Å². The maximum atomic E-state index is 7.09. The number of rotatable bonds is 8.